The van der Waals surface area contributed by atoms with E-state index in [-0.39, 0.29) is 33.3 Å². The van der Waals surface area contributed by atoms with Gasteiger partial charge in [0.05, 0.1) is 35.0 Å². The number of H-pyrrole nitrogens is 4. The first-order chi connectivity index (χ1) is 28.7. The van der Waals surface area contributed by atoms with E-state index in [0.29, 0.717) is 50.9 Å². The van der Waals surface area contributed by atoms with Gasteiger partial charge in [-0.25, -0.2) is 23.5 Å². The number of fused-ring (bicyclic) bond motifs is 2. The molecule has 4 heterocycles. The number of rotatable bonds is 11. The minimum atomic E-state index is -1.08. The maximum Gasteiger partial charge on any atom is 0.355 e. The first-order valence-corrected chi connectivity index (χ1v) is 19.9. The van der Waals surface area contributed by atoms with E-state index in [1.54, 1.807) is 18.5 Å². The van der Waals surface area contributed by atoms with E-state index in [9.17, 15) is 18.7 Å². The SMILES string of the molecule is CSc1nc(CNc2n[nH]c3c(F)c(Cl)c(-c4ccccc4)cc23)[nH]c1C(=O)O.Fc1c(Cl)c(-c2ccccc2)cc2c(NCc3cnc(-c4ccccc4)[nH]3)n[nH]c12. The van der Waals surface area contributed by atoms with Crippen LogP contribution in [0.5, 0.6) is 0 Å². The molecule has 0 fully saturated rings. The number of aromatic nitrogens is 8. The molecule has 9 aromatic rings. The zero-order valence-electron chi connectivity index (χ0n) is 30.9. The fourth-order valence-electron chi connectivity index (χ4n) is 6.43. The van der Waals surface area contributed by atoms with Gasteiger partial charge in [-0.1, -0.05) is 114 Å². The number of carboxylic acids is 1. The number of anilines is 2. The first kappa shape index (κ1) is 39.2. The van der Waals surface area contributed by atoms with Crippen molar-refractivity contribution in [2.45, 2.75) is 18.1 Å². The quantitative estimate of drug-likeness (QED) is 0.0625. The minimum absolute atomic E-state index is 0.0145. The van der Waals surface area contributed by atoms with Crippen molar-refractivity contribution in [1.82, 2.24) is 40.3 Å². The molecule has 9 rings (SSSR count). The maximum absolute atomic E-state index is 14.9. The Morgan fingerprint density at radius 2 is 1.22 bits per heavy atom. The van der Waals surface area contributed by atoms with Gasteiger partial charge in [0.1, 0.15) is 27.7 Å². The predicted octanol–water partition coefficient (Wildman–Crippen LogP) is 10.8. The van der Waals surface area contributed by atoms with Crippen LogP contribution in [0.3, 0.4) is 0 Å². The van der Waals surface area contributed by atoms with Gasteiger partial charge in [-0.2, -0.15) is 10.2 Å². The number of hydrogen-bond donors (Lipinski definition) is 7. The molecule has 0 bridgehead atoms. The second-order valence-electron chi connectivity index (χ2n) is 13.0. The van der Waals surface area contributed by atoms with Crippen molar-refractivity contribution < 1.29 is 18.7 Å². The molecule has 12 nitrogen and oxygen atoms in total. The van der Waals surface area contributed by atoms with Gasteiger partial charge in [-0.15, -0.1) is 11.8 Å². The third-order valence-electron chi connectivity index (χ3n) is 9.32. The highest BCUT2D eigenvalue weighted by Crippen LogP contribution is 2.38. The zero-order valence-corrected chi connectivity index (χ0v) is 33.2. The number of carbonyl (C=O) groups is 1. The second-order valence-corrected chi connectivity index (χ2v) is 14.6. The molecule has 0 unspecified atom stereocenters. The summed E-state index contributed by atoms with van der Waals surface area (Å²) in [6.07, 6.45) is 3.52. The number of thioether (sulfide) groups is 1. The summed E-state index contributed by atoms with van der Waals surface area (Å²) in [5.41, 5.74) is 5.21. The fourth-order valence-corrected chi connectivity index (χ4v) is 7.49. The molecule has 5 aromatic carbocycles. The molecule has 0 radical (unpaired) electrons. The Hall–Kier alpha value is -6.68. The summed E-state index contributed by atoms with van der Waals surface area (Å²) in [4.78, 5) is 26.0. The molecule has 7 N–H and O–H groups in total. The Morgan fingerprint density at radius 3 is 1.69 bits per heavy atom. The van der Waals surface area contributed by atoms with Crippen molar-refractivity contribution in [3.8, 4) is 33.6 Å². The lowest BCUT2D eigenvalue weighted by Crippen LogP contribution is -2.03. The lowest BCUT2D eigenvalue weighted by atomic mass is 10.0. The van der Waals surface area contributed by atoms with Crippen LogP contribution in [0.25, 0.3) is 55.4 Å². The molecule has 0 aliphatic heterocycles. The van der Waals surface area contributed by atoms with Crippen molar-refractivity contribution in [3.05, 3.63) is 148 Å². The monoisotopic (exact) mass is 848 g/mol. The predicted molar refractivity (Wildman–Crippen MR) is 229 cm³/mol. The van der Waals surface area contributed by atoms with Gasteiger partial charge in [-0.05, 0) is 29.5 Å². The molecule has 296 valence electrons. The first-order valence-electron chi connectivity index (χ1n) is 18.0. The van der Waals surface area contributed by atoms with Gasteiger partial charge in [0.25, 0.3) is 0 Å². The Morgan fingerprint density at radius 1 is 0.729 bits per heavy atom. The Bertz CT molecular complexity index is 2920. The summed E-state index contributed by atoms with van der Waals surface area (Å²) in [6.45, 7) is 0.649. The van der Waals surface area contributed by atoms with Crippen molar-refractivity contribution in [3.63, 3.8) is 0 Å². The lowest BCUT2D eigenvalue weighted by molar-refractivity contribution is 0.0687. The third-order valence-corrected chi connectivity index (χ3v) is 10.7. The topological polar surface area (TPSA) is 176 Å². The molecule has 0 spiro atoms. The average Bonchev–Trinajstić information content (AvgIpc) is 4.09. The van der Waals surface area contributed by atoms with Crippen LogP contribution in [0, 0.1) is 11.6 Å². The molecule has 0 aliphatic rings. The largest absolute Gasteiger partial charge is 0.476 e. The van der Waals surface area contributed by atoms with E-state index < -0.39 is 17.6 Å². The third kappa shape index (κ3) is 8.08. The summed E-state index contributed by atoms with van der Waals surface area (Å²) in [5, 5.41) is 31.0. The second kappa shape index (κ2) is 17.0. The molecule has 59 heavy (non-hydrogen) atoms. The van der Waals surface area contributed by atoms with Crippen molar-refractivity contribution in [2.75, 3.05) is 16.9 Å². The fraction of sp³-hybridized carbons (Fsp3) is 0.0714. The van der Waals surface area contributed by atoms with Crippen LogP contribution in [-0.4, -0.2) is 57.7 Å². The van der Waals surface area contributed by atoms with Crippen LogP contribution in [0.15, 0.2) is 114 Å². The highest BCUT2D eigenvalue weighted by molar-refractivity contribution is 7.98. The average molecular weight is 850 g/mol. The van der Waals surface area contributed by atoms with Crippen LogP contribution in [0.4, 0.5) is 20.4 Å². The Balaban J connectivity index is 0.000000164. The number of benzene rings is 5. The number of nitrogens with one attached hydrogen (secondary N) is 6. The molecule has 0 aliphatic carbocycles. The Kier molecular flexibility index (Phi) is 11.3. The molecule has 17 heteroatoms. The lowest BCUT2D eigenvalue weighted by Gasteiger charge is -2.08. The molecular formula is C42H32Cl2F2N10O2S. The molecule has 0 amide bonds. The summed E-state index contributed by atoms with van der Waals surface area (Å²) in [6, 6.07) is 32.3. The van der Waals surface area contributed by atoms with Gasteiger partial charge in [0.15, 0.2) is 29.0 Å². The number of nitrogens with zero attached hydrogens (tertiary/aromatic N) is 4. The highest BCUT2D eigenvalue weighted by Gasteiger charge is 2.21. The van der Waals surface area contributed by atoms with Gasteiger partial charge in [-0.3, -0.25) is 10.2 Å². The number of aromatic amines is 4. The van der Waals surface area contributed by atoms with Gasteiger partial charge in [0, 0.05) is 27.5 Å². The molecular weight excluding hydrogens is 817 g/mol. The zero-order chi connectivity index (χ0) is 41.0. The molecule has 0 saturated carbocycles. The van der Waals surface area contributed by atoms with E-state index in [2.05, 4.69) is 51.0 Å². The number of hydrogen-bond acceptors (Lipinski definition) is 8. The molecule has 0 saturated heterocycles. The smallest absolute Gasteiger partial charge is 0.355 e. The summed E-state index contributed by atoms with van der Waals surface area (Å²) < 4.78 is 29.7. The number of aromatic carboxylic acids is 1. The van der Waals surface area contributed by atoms with Crippen molar-refractivity contribution in [1.29, 1.82) is 0 Å². The van der Waals surface area contributed by atoms with Gasteiger partial charge in [0.2, 0.25) is 0 Å². The normalized spacial score (nSPS) is 11.1. The Labute approximate surface area is 348 Å². The number of imidazole rings is 2. The number of carboxylic acid groups (broad SMARTS) is 1. The van der Waals surface area contributed by atoms with Crippen LogP contribution in [-0.2, 0) is 13.1 Å². The number of halogens is 4. The summed E-state index contributed by atoms with van der Waals surface area (Å²) >= 11 is 13.8. The molecule has 0 atom stereocenters. The van der Waals surface area contributed by atoms with E-state index in [0.717, 1.165) is 28.2 Å². The van der Waals surface area contributed by atoms with Crippen LogP contribution >= 0.6 is 35.0 Å². The van der Waals surface area contributed by atoms with E-state index in [1.165, 1.54) is 11.8 Å². The minimum Gasteiger partial charge on any atom is -0.476 e. The van der Waals surface area contributed by atoms with E-state index >= 15 is 0 Å². The van der Waals surface area contributed by atoms with Crippen LogP contribution in [0.1, 0.15) is 22.0 Å². The standard InChI is InChI=1S/C23H17ClFN5.C19H15ClFN5O2S/c24-19-17(14-7-3-1-4-8-14)11-18-21(20(19)25)29-30-23(18)27-13-16-12-26-22(28-16)15-9-5-2-6-10-15;1-29-18-16(19(27)28)23-12(24-18)8-22-17-11-7-10(9-5-3-2-4-6-9)13(20)14(21)15(11)25-26-17/h1-12H,13H2,(H,26,28)(H2,27,29,30);2-7H,8H2,1H3,(H,23,24)(H,27,28)(H2,22,25,26). The van der Waals surface area contributed by atoms with Crippen molar-refractivity contribution >= 4 is 74.4 Å². The van der Waals surface area contributed by atoms with Crippen molar-refractivity contribution in [2.24, 2.45) is 0 Å². The van der Waals surface area contributed by atoms with Gasteiger partial charge < -0.3 is 25.7 Å². The van der Waals surface area contributed by atoms with E-state index in [4.69, 9.17) is 23.2 Å². The maximum atomic E-state index is 14.9. The van der Waals surface area contributed by atoms with Crippen LogP contribution < -0.4 is 10.6 Å². The molecule has 4 aromatic heterocycles. The highest BCUT2D eigenvalue weighted by atomic mass is 35.5. The van der Waals surface area contributed by atoms with Crippen LogP contribution in [0.2, 0.25) is 10.0 Å². The summed E-state index contributed by atoms with van der Waals surface area (Å²) in [7, 11) is 0. The van der Waals surface area contributed by atoms with Gasteiger partial charge >= 0.3 is 5.97 Å². The van der Waals surface area contributed by atoms with E-state index in [1.807, 2.05) is 97.1 Å². The summed E-state index contributed by atoms with van der Waals surface area (Å²) in [5.74, 6) is 0.00726.